The third-order valence-corrected chi connectivity index (χ3v) is 4.24. The average Bonchev–Trinajstić information content (AvgIpc) is 2.46. The highest BCUT2D eigenvalue weighted by Crippen LogP contribution is 2.27. The van der Waals surface area contributed by atoms with E-state index in [1.165, 1.54) is 39.6 Å². The first-order valence-corrected chi connectivity index (χ1v) is 8.36. The quantitative estimate of drug-likeness (QED) is 0.613. The van der Waals surface area contributed by atoms with Crippen LogP contribution >= 0.6 is 22.6 Å². The van der Waals surface area contributed by atoms with Gasteiger partial charge >= 0.3 is 0 Å². The Morgan fingerprint density at radius 1 is 1.10 bits per heavy atom. The van der Waals surface area contributed by atoms with Gasteiger partial charge in [0.15, 0.2) is 0 Å². The molecule has 0 aliphatic carbocycles. The Morgan fingerprint density at radius 3 is 2.50 bits per heavy atom. The zero-order valence-corrected chi connectivity index (χ0v) is 14.4. The molecule has 0 aliphatic heterocycles. The molecule has 0 aliphatic rings. The molecule has 1 nitrogen and oxygen atoms in total. The molecule has 1 atom stereocenters. The van der Waals surface area contributed by atoms with E-state index in [1.54, 1.807) is 0 Å². The van der Waals surface area contributed by atoms with Crippen LogP contribution in [0.2, 0.25) is 0 Å². The van der Waals surface area contributed by atoms with Gasteiger partial charge in [-0.25, -0.2) is 0 Å². The van der Waals surface area contributed by atoms with E-state index < -0.39 is 0 Å². The second-order valence-electron chi connectivity index (χ2n) is 5.21. The summed E-state index contributed by atoms with van der Waals surface area (Å²) in [4.78, 5) is 0. The van der Waals surface area contributed by atoms with Crippen molar-refractivity contribution in [1.82, 2.24) is 0 Å². The summed E-state index contributed by atoms with van der Waals surface area (Å²) in [6.45, 7) is 4.42. The van der Waals surface area contributed by atoms with Crippen LogP contribution in [0.4, 0.5) is 5.69 Å². The molecule has 0 saturated heterocycles. The molecule has 2 heteroatoms. The zero-order valence-electron chi connectivity index (χ0n) is 12.2. The maximum Gasteiger partial charge on any atom is 0.0513 e. The van der Waals surface area contributed by atoms with Crippen molar-refractivity contribution in [2.75, 3.05) is 5.32 Å². The van der Waals surface area contributed by atoms with Crippen molar-refractivity contribution in [3.05, 3.63) is 63.2 Å². The highest BCUT2D eigenvalue weighted by molar-refractivity contribution is 14.1. The third-order valence-electron chi connectivity index (χ3n) is 3.57. The molecule has 0 fully saturated rings. The fraction of sp³-hybridized carbons (Fsp3) is 0.333. The molecule has 1 N–H and O–H groups in total. The molecule has 0 radical (unpaired) electrons. The summed E-state index contributed by atoms with van der Waals surface area (Å²) in [5, 5.41) is 3.72. The summed E-state index contributed by atoms with van der Waals surface area (Å²) in [5.74, 6) is 0. The number of anilines is 1. The number of hydrogen-bond donors (Lipinski definition) is 1. The Morgan fingerprint density at radius 2 is 1.85 bits per heavy atom. The summed E-state index contributed by atoms with van der Waals surface area (Å²) in [6, 6.07) is 17.7. The largest absolute Gasteiger partial charge is 0.378 e. The van der Waals surface area contributed by atoms with Gasteiger partial charge in [0.1, 0.15) is 0 Å². The monoisotopic (exact) mass is 379 g/mol. The van der Waals surface area contributed by atoms with Crippen molar-refractivity contribution in [1.29, 1.82) is 0 Å². The number of rotatable bonds is 6. The van der Waals surface area contributed by atoms with E-state index in [-0.39, 0.29) is 0 Å². The van der Waals surface area contributed by atoms with Gasteiger partial charge in [0, 0.05) is 9.26 Å². The third kappa shape index (κ3) is 4.23. The Balaban J connectivity index is 2.19. The van der Waals surface area contributed by atoms with Gasteiger partial charge in [-0.05, 0) is 65.3 Å². The lowest BCUT2D eigenvalue weighted by molar-refractivity contribution is 0.634. The molecule has 0 saturated carbocycles. The Labute approximate surface area is 135 Å². The molecule has 0 amide bonds. The molecule has 106 valence electrons. The molecule has 20 heavy (non-hydrogen) atoms. The topological polar surface area (TPSA) is 12.0 Å². The van der Waals surface area contributed by atoms with E-state index in [9.17, 15) is 0 Å². The van der Waals surface area contributed by atoms with Crippen LogP contribution in [0.1, 0.15) is 43.4 Å². The number of nitrogens with one attached hydrogen (secondary N) is 1. The molecule has 0 spiro atoms. The van der Waals surface area contributed by atoms with Gasteiger partial charge in [-0.15, -0.1) is 0 Å². The Hall–Kier alpha value is -1.03. The zero-order chi connectivity index (χ0) is 14.4. The molecular weight excluding hydrogens is 357 g/mol. The highest BCUT2D eigenvalue weighted by atomic mass is 127. The van der Waals surface area contributed by atoms with Gasteiger partial charge in [0.05, 0.1) is 6.04 Å². The summed E-state index contributed by atoms with van der Waals surface area (Å²) in [6.07, 6.45) is 3.65. The van der Waals surface area contributed by atoms with Gasteiger partial charge in [0.25, 0.3) is 0 Å². The Kier molecular flexibility index (Phi) is 5.89. The van der Waals surface area contributed by atoms with E-state index in [4.69, 9.17) is 0 Å². The van der Waals surface area contributed by atoms with Crippen molar-refractivity contribution in [2.45, 2.75) is 39.2 Å². The number of unbranched alkanes of at least 4 members (excludes halogenated alkanes) is 1. The summed E-state index contributed by atoms with van der Waals surface area (Å²) < 4.78 is 1.29. The number of benzene rings is 2. The van der Waals surface area contributed by atoms with Crippen LogP contribution in [-0.2, 0) is 0 Å². The summed E-state index contributed by atoms with van der Waals surface area (Å²) >= 11 is 2.36. The van der Waals surface area contributed by atoms with Crippen LogP contribution in [0.5, 0.6) is 0 Å². The normalized spacial score (nSPS) is 12.2. The molecule has 0 aromatic heterocycles. The molecule has 2 aromatic carbocycles. The molecular formula is C18H22IN. The van der Waals surface area contributed by atoms with Crippen LogP contribution in [0, 0.1) is 10.5 Å². The number of hydrogen-bond acceptors (Lipinski definition) is 1. The average molecular weight is 379 g/mol. The molecule has 0 bridgehead atoms. The maximum atomic E-state index is 3.72. The van der Waals surface area contributed by atoms with Crippen LogP contribution in [0.3, 0.4) is 0 Å². The molecule has 0 heterocycles. The first-order valence-electron chi connectivity index (χ1n) is 7.28. The Bertz CT molecular complexity index is 536. The van der Waals surface area contributed by atoms with E-state index >= 15 is 0 Å². The molecule has 2 rings (SSSR count). The predicted molar refractivity (Wildman–Crippen MR) is 96.2 cm³/mol. The maximum absolute atomic E-state index is 3.72. The lowest BCUT2D eigenvalue weighted by Gasteiger charge is -2.21. The fourth-order valence-electron chi connectivity index (χ4n) is 2.39. The minimum atomic E-state index is 0.398. The minimum absolute atomic E-state index is 0.398. The van der Waals surface area contributed by atoms with Gasteiger partial charge < -0.3 is 5.32 Å². The van der Waals surface area contributed by atoms with E-state index in [0.29, 0.717) is 6.04 Å². The van der Waals surface area contributed by atoms with Crippen LogP contribution in [0.25, 0.3) is 0 Å². The van der Waals surface area contributed by atoms with E-state index in [1.807, 2.05) is 0 Å². The van der Waals surface area contributed by atoms with Crippen LogP contribution in [0.15, 0.2) is 48.5 Å². The predicted octanol–water partition coefficient (Wildman–Crippen LogP) is 5.94. The van der Waals surface area contributed by atoms with Crippen molar-refractivity contribution in [3.63, 3.8) is 0 Å². The minimum Gasteiger partial charge on any atom is -0.378 e. The molecule has 2 aromatic rings. The van der Waals surface area contributed by atoms with Crippen LogP contribution in [-0.4, -0.2) is 0 Å². The lowest BCUT2D eigenvalue weighted by atomic mass is 10.0. The first kappa shape index (κ1) is 15.4. The highest BCUT2D eigenvalue weighted by Gasteiger charge is 2.11. The number of aryl methyl sites for hydroxylation is 1. The second-order valence-corrected chi connectivity index (χ2v) is 6.45. The van der Waals surface area contributed by atoms with Gasteiger partial charge in [-0.1, -0.05) is 50.1 Å². The van der Waals surface area contributed by atoms with Crippen molar-refractivity contribution in [2.24, 2.45) is 0 Å². The van der Waals surface area contributed by atoms with Gasteiger partial charge in [-0.2, -0.15) is 0 Å². The van der Waals surface area contributed by atoms with E-state index in [2.05, 4.69) is 90.3 Å². The second kappa shape index (κ2) is 7.67. The van der Waals surface area contributed by atoms with Gasteiger partial charge in [-0.3, -0.25) is 0 Å². The first-order chi connectivity index (χ1) is 9.70. The van der Waals surface area contributed by atoms with Crippen molar-refractivity contribution in [3.8, 4) is 0 Å². The number of halogens is 1. The standard InChI is InChI=1S/C18H22IN/c1-3-4-10-18(15-8-6-5-7-9-15)20-17-12-11-16(19)13-14(17)2/h5-9,11-13,18,20H,3-4,10H2,1-2H3. The van der Waals surface area contributed by atoms with E-state index in [0.717, 1.165) is 0 Å². The molecule has 1 unspecified atom stereocenters. The SMILES string of the molecule is CCCCC(Nc1ccc(I)cc1C)c1ccccc1. The van der Waals surface area contributed by atoms with Crippen molar-refractivity contribution < 1.29 is 0 Å². The summed E-state index contributed by atoms with van der Waals surface area (Å²) in [5.41, 5.74) is 3.93. The lowest BCUT2D eigenvalue weighted by Crippen LogP contribution is -2.11. The smallest absolute Gasteiger partial charge is 0.0513 e. The van der Waals surface area contributed by atoms with Gasteiger partial charge in [0.2, 0.25) is 0 Å². The van der Waals surface area contributed by atoms with Crippen molar-refractivity contribution >= 4 is 28.3 Å². The summed E-state index contributed by atoms with van der Waals surface area (Å²) in [7, 11) is 0. The van der Waals surface area contributed by atoms with Crippen LogP contribution < -0.4 is 5.32 Å². The fourth-order valence-corrected chi connectivity index (χ4v) is 3.04.